The standard InChI is InChI=1S/C11H20N6O3/c1-4-20-11-15-10(16-17-11)14-8(18)7(5-6(2)3)13-9(12)19/h6-7H,4-5H2,1-3H3,(H3,12,13,19)(H2,14,15,16,17,18). The van der Waals surface area contributed by atoms with Crippen molar-refractivity contribution in [3.63, 3.8) is 0 Å². The van der Waals surface area contributed by atoms with Gasteiger partial charge in [0.2, 0.25) is 11.9 Å². The topological polar surface area (TPSA) is 135 Å². The maximum atomic E-state index is 12.0. The van der Waals surface area contributed by atoms with E-state index >= 15 is 0 Å². The molecule has 5 N–H and O–H groups in total. The smallest absolute Gasteiger partial charge is 0.337 e. The number of primary amides is 1. The van der Waals surface area contributed by atoms with E-state index in [1.165, 1.54) is 0 Å². The molecule has 0 aliphatic carbocycles. The Balaban J connectivity index is 2.65. The van der Waals surface area contributed by atoms with Gasteiger partial charge in [0.05, 0.1) is 6.61 Å². The number of amides is 3. The van der Waals surface area contributed by atoms with Gasteiger partial charge in [0.1, 0.15) is 6.04 Å². The number of nitrogens with one attached hydrogen (secondary N) is 3. The molecule has 1 heterocycles. The number of ether oxygens (including phenoxy) is 1. The summed E-state index contributed by atoms with van der Waals surface area (Å²) in [5, 5.41) is 11.2. The Hall–Kier alpha value is -2.32. The molecule has 1 unspecified atom stereocenters. The summed E-state index contributed by atoms with van der Waals surface area (Å²) in [6.07, 6.45) is 0.460. The number of rotatable bonds is 7. The molecule has 0 aromatic carbocycles. The molecule has 0 bridgehead atoms. The van der Waals surface area contributed by atoms with Crippen LogP contribution in [-0.2, 0) is 4.79 Å². The Kier molecular flexibility index (Phi) is 5.75. The molecule has 20 heavy (non-hydrogen) atoms. The summed E-state index contributed by atoms with van der Waals surface area (Å²) < 4.78 is 5.06. The van der Waals surface area contributed by atoms with Crippen LogP contribution in [0.2, 0.25) is 0 Å². The van der Waals surface area contributed by atoms with Crippen LogP contribution in [-0.4, -0.2) is 39.8 Å². The highest BCUT2D eigenvalue weighted by Crippen LogP contribution is 2.09. The molecule has 0 saturated heterocycles. The molecule has 0 fully saturated rings. The van der Waals surface area contributed by atoms with Crippen molar-refractivity contribution in [2.24, 2.45) is 11.7 Å². The number of H-pyrrole nitrogens is 1. The number of hydrogen-bond donors (Lipinski definition) is 4. The van der Waals surface area contributed by atoms with Crippen LogP contribution in [0.25, 0.3) is 0 Å². The van der Waals surface area contributed by atoms with E-state index in [9.17, 15) is 9.59 Å². The monoisotopic (exact) mass is 284 g/mol. The number of aromatic amines is 1. The van der Waals surface area contributed by atoms with Gasteiger partial charge in [0.15, 0.2) is 0 Å². The van der Waals surface area contributed by atoms with Crippen LogP contribution in [0.3, 0.4) is 0 Å². The summed E-state index contributed by atoms with van der Waals surface area (Å²) in [7, 11) is 0. The Bertz CT molecular complexity index is 459. The molecule has 1 aromatic rings. The van der Waals surface area contributed by atoms with Crippen molar-refractivity contribution in [3.8, 4) is 6.01 Å². The van der Waals surface area contributed by atoms with Gasteiger partial charge in [0, 0.05) is 0 Å². The summed E-state index contributed by atoms with van der Waals surface area (Å²) in [5.74, 6) is -0.0542. The number of carbonyl (C=O) groups excluding carboxylic acids is 2. The SMILES string of the molecule is CCOc1n[nH]c(NC(=O)C(CC(C)C)NC(N)=O)n1. The number of hydrogen-bond acceptors (Lipinski definition) is 5. The molecule has 0 aliphatic heterocycles. The molecule has 0 aliphatic rings. The lowest BCUT2D eigenvalue weighted by atomic mass is 10.0. The molecular formula is C11H20N6O3. The molecule has 0 spiro atoms. The minimum atomic E-state index is -0.752. The summed E-state index contributed by atoms with van der Waals surface area (Å²) in [6.45, 7) is 6.09. The number of nitrogens with two attached hydrogens (primary N) is 1. The van der Waals surface area contributed by atoms with E-state index in [2.05, 4.69) is 25.8 Å². The van der Waals surface area contributed by atoms with Gasteiger partial charge in [-0.1, -0.05) is 13.8 Å². The number of urea groups is 1. The van der Waals surface area contributed by atoms with Crippen LogP contribution in [0.4, 0.5) is 10.7 Å². The van der Waals surface area contributed by atoms with E-state index in [1.807, 2.05) is 13.8 Å². The zero-order valence-corrected chi connectivity index (χ0v) is 11.8. The first kappa shape index (κ1) is 15.7. The van der Waals surface area contributed by atoms with Crippen LogP contribution in [0, 0.1) is 5.92 Å². The highest BCUT2D eigenvalue weighted by molar-refractivity contribution is 5.95. The van der Waals surface area contributed by atoms with Crippen LogP contribution in [0.1, 0.15) is 27.2 Å². The summed E-state index contributed by atoms with van der Waals surface area (Å²) in [5.41, 5.74) is 5.06. The number of nitrogens with zero attached hydrogens (tertiary/aromatic N) is 2. The molecule has 0 saturated carbocycles. The Morgan fingerprint density at radius 3 is 2.70 bits per heavy atom. The molecule has 9 nitrogen and oxygen atoms in total. The highest BCUT2D eigenvalue weighted by Gasteiger charge is 2.22. The second-order valence-electron chi connectivity index (χ2n) is 4.58. The van der Waals surface area contributed by atoms with Crippen molar-refractivity contribution in [2.45, 2.75) is 33.2 Å². The maximum absolute atomic E-state index is 12.0. The van der Waals surface area contributed by atoms with E-state index in [0.29, 0.717) is 13.0 Å². The first-order valence-electron chi connectivity index (χ1n) is 6.34. The Morgan fingerprint density at radius 1 is 1.45 bits per heavy atom. The van der Waals surface area contributed by atoms with Gasteiger partial charge < -0.3 is 15.8 Å². The third-order valence-corrected chi connectivity index (χ3v) is 2.32. The Labute approximate surface area is 116 Å². The molecule has 0 radical (unpaired) electrons. The van der Waals surface area contributed by atoms with E-state index in [0.717, 1.165) is 0 Å². The molecule has 9 heteroatoms. The molecule has 1 aromatic heterocycles. The molecule has 112 valence electrons. The summed E-state index contributed by atoms with van der Waals surface area (Å²) >= 11 is 0. The third-order valence-electron chi connectivity index (χ3n) is 2.32. The fraction of sp³-hybridized carbons (Fsp3) is 0.636. The third kappa shape index (κ3) is 5.12. The van der Waals surface area contributed by atoms with Gasteiger partial charge in [-0.05, 0) is 19.3 Å². The lowest BCUT2D eigenvalue weighted by molar-refractivity contribution is -0.118. The zero-order chi connectivity index (χ0) is 15.1. The predicted molar refractivity (Wildman–Crippen MR) is 72.1 cm³/mol. The van der Waals surface area contributed by atoms with Gasteiger partial charge in [-0.25, -0.2) is 9.89 Å². The fourth-order valence-electron chi connectivity index (χ4n) is 1.57. The molecule has 3 amide bonds. The van der Waals surface area contributed by atoms with Crippen molar-refractivity contribution >= 4 is 17.9 Å². The predicted octanol–water partition coefficient (Wildman–Crippen LogP) is 0.225. The van der Waals surface area contributed by atoms with Crippen molar-refractivity contribution in [2.75, 3.05) is 11.9 Å². The minimum Gasteiger partial charge on any atom is -0.463 e. The zero-order valence-electron chi connectivity index (χ0n) is 11.8. The van der Waals surface area contributed by atoms with E-state index in [4.69, 9.17) is 10.5 Å². The van der Waals surface area contributed by atoms with Gasteiger partial charge in [-0.2, -0.15) is 4.98 Å². The van der Waals surface area contributed by atoms with Crippen molar-refractivity contribution in [3.05, 3.63) is 0 Å². The van der Waals surface area contributed by atoms with Crippen molar-refractivity contribution in [1.82, 2.24) is 20.5 Å². The number of carbonyl (C=O) groups is 2. The van der Waals surface area contributed by atoms with Crippen LogP contribution < -0.4 is 21.1 Å². The van der Waals surface area contributed by atoms with Gasteiger partial charge in [-0.3, -0.25) is 10.1 Å². The normalized spacial score (nSPS) is 12.0. The first-order valence-corrected chi connectivity index (χ1v) is 6.34. The molecule has 1 atom stereocenters. The van der Waals surface area contributed by atoms with E-state index < -0.39 is 18.0 Å². The number of aromatic nitrogens is 3. The lowest BCUT2D eigenvalue weighted by Gasteiger charge is -2.18. The van der Waals surface area contributed by atoms with Gasteiger partial charge in [-0.15, -0.1) is 5.10 Å². The van der Waals surface area contributed by atoms with Crippen molar-refractivity contribution < 1.29 is 14.3 Å². The lowest BCUT2D eigenvalue weighted by Crippen LogP contribution is -2.46. The van der Waals surface area contributed by atoms with Crippen LogP contribution >= 0.6 is 0 Å². The highest BCUT2D eigenvalue weighted by atomic mass is 16.5. The van der Waals surface area contributed by atoms with Gasteiger partial charge in [0.25, 0.3) is 0 Å². The van der Waals surface area contributed by atoms with Crippen molar-refractivity contribution in [1.29, 1.82) is 0 Å². The first-order chi connectivity index (χ1) is 9.42. The van der Waals surface area contributed by atoms with E-state index in [-0.39, 0.29) is 17.9 Å². The van der Waals surface area contributed by atoms with Crippen LogP contribution in [0.5, 0.6) is 6.01 Å². The largest absolute Gasteiger partial charge is 0.463 e. The summed E-state index contributed by atoms with van der Waals surface area (Å²) in [6, 6.07) is -1.34. The van der Waals surface area contributed by atoms with E-state index in [1.54, 1.807) is 6.92 Å². The fourth-order valence-corrected chi connectivity index (χ4v) is 1.57. The second-order valence-corrected chi connectivity index (χ2v) is 4.58. The Morgan fingerprint density at radius 2 is 2.15 bits per heavy atom. The maximum Gasteiger partial charge on any atom is 0.337 e. The molecular weight excluding hydrogens is 264 g/mol. The quantitative estimate of drug-likeness (QED) is 0.568. The second kappa shape index (κ2) is 7.31. The van der Waals surface area contributed by atoms with Gasteiger partial charge >= 0.3 is 12.0 Å². The summed E-state index contributed by atoms with van der Waals surface area (Å²) in [4.78, 5) is 26.9. The minimum absolute atomic E-state index is 0.145. The van der Waals surface area contributed by atoms with Crippen LogP contribution in [0.15, 0.2) is 0 Å². The average Bonchev–Trinajstić information content (AvgIpc) is 2.75. The average molecular weight is 284 g/mol. The number of anilines is 1. The molecule has 1 rings (SSSR count).